The first-order chi connectivity index (χ1) is 16.3. The maximum Gasteiger partial charge on any atom is 0.251 e. The van der Waals surface area contributed by atoms with Crippen molar-refractivity contribution in [2.24, 2.45) is 10.9 Å². The first-order valence-corrected chi connectivity index (χ1v) is 13.9. The molecule has 3 aromatic rings. The minimum atomic E-state index is -3.61. The van der Waals surface area contributed by atoms with Crippen LogP contribution >= 0.6 is 22.9 Å². The van der Waals surface area contributed by atoms with E-state index in [9.17, 15) is 13.2 Å². The van der Waals surface area contributed by atoms with Gasteiger partial charge in [-0.3, -0.25) is 4.79 Å². The third-order valence-corrected chi connectivity index (χ3v) is 9.17. The maximum absolute atomic E-state index is 13.1. The molecular weight excluding hydrogens is 494 g/mol. The summed E-state index contributed by atoms with van der Waals surface area (Å²) in [6, 6.07) is 12.4. The fourth-order valence-corrected chi connectivity index (χ4v) is 6.82. The maximum atomic E-state index is 13.1. The number of nitrogens with zero attached hydrogens (tertiary/aromatic N) is 3. The van der Waals surface area contributed by atoms with E-state index in [0.29, 0.717) is 42.4 Å². The van der Waals surface area contributed by atoms with Gasteiger partial charge in [-0.05, 0) is 68.7 Å². The highest BCUT2D eigenvalue weighted by Gasteiger charge is 2.32. The molecule has 1 amide bonds. The van der Waals surface area contributed by atoms with E-state index in [4.69, 9.17) is 16.3 Å². The van der Waals surface area contributed by atoms with Crippen LogP contribution in [0, 0.1) is 12.8 Å². The third kappa shape index (κ3) is 5.44. The number of ether oxygens (including phenoxy) is 1. The van der Waals surface area contributed by atoms with Gasteiger partial charge in [0.1, 0.15) is 0 Å². The zero-order chi connectivity index (χ0) is 24.3. The fourth-order valence-electron chi connectivity index (χ4n) is 4.07. The molecule has 0 radical (unpaired) electrons. The van der Waals surface area contributed by atoms with Crippen LogP contribution in [0.25, 0.3) is 10.2 Å². The van der Waals surface area contributed by atoms with Crippen LogP contribution in [0.1, 0.15) is 25.3 Å². The van der Waals surface area contributed by atoms with Crippen molar-refractivity contribution in [2.45, 2.75) is 38.1 Å². The van der Waals surface area contributed by atoms with E-state index in [2.05, 4.69) is 23.2 Å². The number of aryl methyl sites for hydroxylation is 1. The third-order valence-electron chi connectivity index (χ3n) is 5.96. The Morgan fingerprint density at radius 3 is 2.56 bits per heavy atom. The molecule has 2 heterocycles. The van der Waals surface area contributed by atoms with E-state index in [1.54, 1.807) is 12.1 Å². The van der Waals surface area contributed by atoms with E-state index in [1.807, 2.05) is 18.4 Å². The molecular formula is C24H28ClN3O4S2. The van der Waals surface area contributed by atoms with Gasteiger partial charge in [-0.15, -0.1) is 0 Å². The highest BCUT2D eigenvalue weighted by atomic mass is 35.5. The lowest BCUT2D eigenvalue weighted by molar-refractivity contribution is -0.122. The zero-order valence-electron chi connectivity index (χ0n) is 19.2. The Morgan fingerprint density at radius 1 is 1.18 bits per heavy atom. The molecule has 1 aliphatic heterocycles. The number of aromatic nitrogens is 1. The van der Waals surface area contributed by atoms with Crippen molar-refractivity contribution in [1.29, 1.82) is 0 Å². The van der Waals surface area contributed by atoms with Gasteiger partial charge < -0.3 is 9.30 Å². The van der Waals surface area contributed by atoms with Crippen LogP contribution in [0.4, 0.5) is 0 Å². The number of carbonyl (C=O) groups is 1. The number of benzene rings is 2. The predicted octanol–water partition coefficient (Wildman–Crippen LogP) is 4.23. The number of carbonyl (C=O) groups excluding carboxylic acids is 1. The summed E-state index contributed by atoms with van der Waals surface area (Å²) in [4.78, 5) is 18.4. The van der Waals surface area contributed by atoms with Crippen molar-refractivity contribution < 1.29 is 17.9 Å². The number of sulfonamides is 1. The van der Waals surface area contributed by atoms with Gasteiger partial charge in [0, 0.05) is 37.2 Å². The second-order valence-corrected chi connectivity index (χ2v) is 11.7. The second-order valence-electron chi connectivity index (χ2n) is 8.29. The van der Waals surface area contributed by atoms with E-state index in [1.165, 1.54) is 27.8 Å². The van der Waals surface area contributed by atoms with Crippen LogP contribution in [0.2, 0.25) is 5.02 Å². The number of hydrogen-bond acceptors (Lipinski definition) is 5. The standard InChI is InChI=1S/C24H28ClN3O4S2/c1-3-32-15-14-28-21-9-4-17(2)16-22(21)33-24(28)26-23(29)18-10-12-27(13-11-18)34(30,31)20-7-5-19(25)6-8-20/h4-9,16,18H,3,10-15H2,1-2H3. The molecule has 0 N–H and O–H groups in total. The van der Waals surface area contributed by atoms with Gasteiger partial charge in [0.15, 0.2) is 4.80 Å². The Balaban J connectivity index is 1.51. The fraction of sp³-hybridized carbons (Fsp3) is 0.417. The van der Waals surface area contributed by atoms with Crippen LogP contribution in [0.15, 0.2) is 52.4 Å². The van der Waals surface area contributed by atoms with Gasteiger partial charge in [-0.2, -0.15) is 9.30 Å². The number of piperidine rings is 1. The van der Waals surface area contributed by atoms with Gasteiger partial charge in [0.05, 0.1) is 21.7 Å². The summed E-state index contributed by atoms with van der Waals surface area (Å²) >= 11 is 7.38. The molecule has 0 atom stereocenters. The van der Waals surface area contributed by atoms with Crippen LogP contribution < -0.4 is 4.80 Å². The summed E-state index contributed by atoms with van der Waals surface area (Å²) in [7, 11) is -3.61. The molecule has 1 aromatic heterocycles. The molecule has 0 spiro atoms. The molecule has 0 saturated carbocycles. The summed E-state index contributed by atoms with van der Waals surface area (Å²) < 4.78 is 35.9. The number of hydrogen-bond donors (Lipinski definition) is 0. The average Bonchev–Trinajstić information content (AvgIpc) is 3.15. The lowest BCUT2D eigenvalue weighted by atomic mass is 9.98. The van der Waals surface area contributed by atoms with Crippen LogP contribution in [0.3, 0.4) is 0 Å². The first-order valence-electron chi connectivity index (χ1n) is 11.3. The van der Waals surface area contributed by atoms with Crippen molar-refractivity contribution >= 4 is 49.1 Å². The predicted molar refractivity (Wildman–Crippen MR) is 135 cm³/mol. The smallest absolute Gasteiger partial charge is 0.251 e. The molecule has 1 saturated heterocycles. The second kappa shape index (κ2) is 10.7. The largest absolute Gasteiger partial charge is 0.380 e. The molecule has 0 unspecified atom stereocenters. The lowest BCUT2D eigenvalue weighted by Gasteiger charge is -2.29. The van der Waals surface area contributed by atoms with Crippen molar-refractivity contribution in [3.63, 3.8) is 0 Å². The average molecular weight is 522 g/mol. The molecule has 0 aliphatic carbocycles. The molecule has 0 bridgehead atoms. The Morgan fingerprint density at radius 2 is 1.88 bits per heavy atom. The Labute approximate surface area is 208 Å². The molecule has 10 heteroatoms. The minimum absolute atomic E-state index is 0.197. The summed E-state index contributed by atoms with van der Waals surface area (Å²) in [5.41, 5.74) is 2.18. The van der Waals surface area contributed by atoms with Crippen LogP contribution in [0.5, 0.6) is 0 Å². The molecule has 4 rings (SSSR count). The van der Waals surface area contributed by atoms with E-state index in [-0.39, 0.29) is 29.8 Å². The van der Waals surface area contributed by atoms with Gasteiger partial charge in [0.2, 0.25) is 10.0 Å². The molecule has 182 valence electrons. The summed E-state index contributed by atoms with van der Waals surface area (Å²) in [6.07, 6.45) is 0.885. The molecule has 1 aliphatic rings. The molecule has 34 heavy (non-hydrogen) atoms. The van der Waals surface area contributed by atoms with Crippen LogP contribution in [-0.2, 0) is 26.1 Å². The van der Waals surface area contributed by atoms with Gasteiger partial charge in [0.25, 0.3) is 5.91 Å². The quantitative estimate of drug-likeness (QED) is 0.436. The first kappa shape index (κ1) is 25.1. The normalized spacial score (nSPS) is 16.4. The van der Waals surface area contributed by atoms with Crippen molar-refractivity contribution in [3.05, 3.63) is 57.9 Å². The van der Waals surface area contributed by atoms with E-state index in [0.717, 1.165) is 15.8 Å². The highest BCUT2D eigenvalue weighted by Crippen LogP contribution is 2.26. The van der Waals surface area contributed by atoms with Crippen LogP contribution in [-0.4, -0.2) is 49.5 Å². The summed E-state index contributed by atoms with van der Waals surface area (Å²) in [6.45, 7) is 6.34. The van der Waals surface area contributed by atoms with E-state index >= 15 is 0 Å². The number of amides is 1. The molecule has 2 aromatic carbocycles. The monoisotopic (exact) mass is 521 g/mol. The number of rotatable bonds is 7. The van der Waals surface area contributed by atoms with Crippen molar-refractivity contribution in [3.8, 4) is 0 Å². The lowest BCUT2D eigenvalue weighted by Crippen LogP contribution is -2.40. The molecule has 7 nitrogen and oxygen atoms in total. The van der Waals surface area contributed by atoms with Gasteiger partial charge in [-0.1, -0.05) is 29.0 Å². The number of fused-ring (bicyclic) bond motifs is 1. The van der Waals surface area contributed by atoms with Gasteiger partial charge in [-0.25, -0.2) is 8.42 Å². The van der Waals surface area contributed by atoms with Gasteiger partial charge >= 0.3 is 0 Å². The topological polar surface area (TPSA) is 81.0 Å². The summed E-state index contributed by atoms with van der Waals surface area (Å²) in [5.74, 6) is -0.499. The Hall–Kier alpha value is -2.04. The number of halogens is 1. The zero-order valence-corrected chi connectivity index (χ0v) is 21.6. The van der Waals surface area contributed by atoms with Crippen molar-refractivity contribution in [2.75, 3.05) is 26.3 Å². The Bertz CT molecular complexity index is 1340. The minimum Gasteiger partial charge on any atom is -0.380 e. The van der Waals surface area contributed by atoms with Crippen molar-refractivity contribution in [1.82, 2.24) is 8.87 Å². The van der Waals surface area contributed by atoms with E-state index < -0.39 is 10.0 Å². The Kier molecular flexibility index (Phi) is 7.89. The molecule has 1 fully saturated rings. The number of thiazole rings is 1. The highest BCUT2D eigenvalue weighted by molar-refractivity contribution is 7.89. The SMILES string of the molecule is CCOCCn1c(=NC(=O)C2CCN(S(=O)(=O)c3ccc(Cl)cc3)CC2)sc2cc(C)ccc21. The summed E-state index contributed by atoms with van der Waals surface area (Å²) in [5, 5.41) is 0.486.